The van der Waals surface area contributed by atoms with Crippen LogP contribution in [0, 0.1) is 6.92 Å². The van der Waals surface area contributed by atoms with Gasteiger partial charge in [0.25, 0.3) is 0 Å². The van der Waals surface area contributed by atoms with E-state index in [4.69, 9.17) is 10.5 Å². The van der Waals surface area contributed by atoms with E-state index in [2.05, 4.69) is 22.9 Å². The normalized spacial score (nSPS) is 27.3. The number of ether oxygens (including phenoxy) is 1. The van der Waals surface area contributed by atoms with Crippen LogP contribution in [0.3, 0.4) is 0 Å². The summed E-state index contributed by atoms with van der Waals surface area (Å²) in [6.07, 6.45) is 6.01. The molecule has 1 saturated carbocycles. The van der Waals surface area contributed by atoms with Gasteiger partial charge in [-0.15, -0.1) is 0 Å². The van der Waals surface area contributed by atoms with Crippen molar-refractivity contribution >= 4 is 5.82 Å². The van der Waals surface area contributed by atoms with Crippen molar-refractivity contribution in [1.82, 2.24) is 4.98 Å². The lowest BCUT2D eigenvalue weighted by Gasteiger charge is -2.39. The molecule has 0 aromatic carbocycles. The van der Waals surface area contributed by atoms with Gasteiger partial charge in [-0.25, -0.2) is 4.98 Å². The van der Waals surface area contributed by atoms with E-state index in [1.807, 2.05) is 6.20 Å². The average Bonchev–Trinajstić information content (AvgIpc) is 2.87. The molecule has 1 aromatic heterocycles. The molecule has 0 amide bonds. The lowest BCUT2D eigenvalue weighted by Crippen LogP contribution is -2.49. The molecule has 1 aliphatic heterocycles. The second kappa shape index (κ2) is 4.86. The van der Waals surface area contributed by atoms with Crippen LogP contribution >= 0.6 is 0 Å². The number of rotatable bonds is 2. The van der Waals surface area contributed by atoms with Crippen molar-refractivity contribution in [2.45, 2.75) is 44.9 Å². The first kappa shape index (κ1) is 11.9. The molecule has 1 aromatic rings. The van der Waals surface area contributed by atoms with Crippen molar-refractivity contribution in [3.05, 3.63) is 23.4 Å². The standard InChI is InChI=1S/C14H21N3O/c1-10-7-11(8-15)9-16-14(10)17-5-6-18-13-4-2-3-12(13)17/h7,9,12-13H,2-6,8,15H2,1H3. The Bertz CT molecular complexity index is 435. The third kappa shape index (κ3) is 1.99. The molecule has 2 unspecified atom stereocenters. The lowest BCUT2D eigenvalue weighted by molar-refractivity contribution is 0.0253. The Morgan fingerprint density at radius 2 is 2.39 bits per heavy atom. The minimum Gasteiger partial charge on any atom is -0.374 e. The van der Waals surface area contributed by atoms with Crippen LogP contribution in [0.2, 0.25) is 0 Å². The first-order valence-corrected chi connectivity index (χ1v) is 6.83. The summed E-state index contributed by atoms with van der Waals surface area (Å²) in [6, 6.07) is 2.68. The van der Waals surface area contributed by atoms with Gasteiger partial charge in [-0.3, -0.25) is 0 Å². The molecule has 2 fully saturated rings. The number of hydrogen-bond donors (Lipinski definition) is 1. The highest BCUT2D eigenvalue weighted by atomic mass is 16.5. The Kier molecular flexibility index (Phi) is 3.22. The van der Waals surface area contributed by atoms with Crippen molar-refractivity contribution in [2.75, 3.05) is 18.1 Å². The van der Waals surface area contributed by atoms with E-state index in [9.17, 15) is 0 Å². The first-order chi connectivity index (χ1) is 8.79. The number of nitrogens with two attached hydrogens (primary N) is 1. The Labute approximate surface area is 108 Å². The topological polar surface area (TPSA) is 51.4 Å². The number of morpholine rings is 1. The Hall–Kier alpha value is -1.13. The molecule has 3 rings (SSSR count). The van der Waals surface area contributed by atoms with Gasteiger partial charge in [0, 0.05) is 19.3 Å². The number of hydrogen-bond acceptors (Lipinski definition) is 4. The second-order valence-electron chi connectivity index (χ2n) is 5.29. The summed E-state index contributed by atoms with van der Waals surface area (Å²) in [5.74, 6) is 1.12. The maximum absolute atomic E-state index is 5.85. The van der Waals surface area contributed by atoms with Gasteiger partial charge >= 0.3 is 0 Å². The third-order valence-corrected chi connectivity index (χ3v) is 4.10. The fraction of sp³-hybridized carbons (Fsp3) is 0.643. The highest BCUT2D eigenvalue weighted by Gasteiger charge is 2.37. The molecule has 18 heavy (non-hydrogen) atoms. The van der Waals surface area contributed by atoms with Crippen LogP contribution in [-0.2, 0) is 11.3 Å². The molecule has 4 nitrogen and oxygen atoms in total. The molecule has 98 valence electrons. The molecule has 4 heteroatoms. The summed E-state index contributed by atoms with van der Waals surface area (Å²) in [4.78, 5) is 7.06. The number of aromatic nitrogens is 1. The zero-order valence-corrected chi connectivity index (χ0v) is 10.9. The maximum atomic E-state index is 5.85. The number of fused-ring (bicyclic) bond motifs is 1. The summed E-state index contributed by atoms with van der Waals surface area (Å²) in [5, 5.41) is 0. The Morgan fingerprint density at radius 1 is 1.50 bits per heavy atom. The third-order valence-electron chi connectivity index (χ3n) is 4.10. The molecule has 0 bridgehead atoms. The minimum absolute atomic E-state index is 0.411. The van der Waals surface area contributed by atoms with E-state index >= 15 is 0 Å². The largest absolute Gasteiger partial charge is 0.374 e. The molecular weight excluding hydrogens is 226 g/mol. The summed E-state index contributed by atoms with van der Waals surface area (Å²) < 4.78 is 5.85. The van der Waals surface area contributed by atoms with Crippen molar-refractivity contribution in [3.8, 4) is 0 Å². The zero-order valence-electron chi connectivity index (χ0n) is 10.9. The van der Waals surface area contributed by atoms with Gasteiger partial charge in [-0.05, 0) is 43.4 Å². The maximum Gasteiger partial charge on any atom is 0.131 e. The monoisotopic (exact) mass is 247 g/mol. The van der Waals surface area contributed by atoms with Gasteiger partial charge in [-0.1, -0.05) is 0 Å². The summed E-state index contributed by atoms with van der Waals surface area (Å²) in [5.41, 5.74) is 7.99. The molecule has 2 atom stereocenters. The van der Waals surface area contributed by atoms with Crippen LogP contribution in [0.4, 0.5) is 5.82 Å². The van der Waals surface area contributed by atoms with Crippen LogP contribution in [-0.4, -0.2) is 30.3 Å². The van der Waals surface area contributed by atoms with E-state index in [0.29, 0.717) is 18.7 Å². The molecule has 1 aliphatic carbocycles. The number of nitrogens with zero attached hydrogens (tertiary/aromatic N) is 2. The number of pyridine rings is 1. The molecule has 2 N–H and O–H groups in total. The van der Waals surface area contributed by atoms with Crippen molar-refractivity contribution in [2.24, 2.45) is 5.73 Å². The molecular formula is C14H21N3O. The van der Waals surface area contributed by atoms with Gasteiger partial charge in [0.1, 0.15) is 5.82 Å². The van der Waals surface area contributed by atoms with Gasteiger partial charge in [0.15, 0.2) is 0 Å². The van der Waals surface area contributed by atoms with E-state index < -0.39 is 0 Å². The molecule has 1 saturated heterocycles. The van der Waals surface area contributed by atoms with Crippen LogP contribution in [0.15, 0.2) is 12.3 Å². The van der Waals surface area contributed by atoms with E-state index in [-0.39, 0.29) is 0 Å². The molecule has 2 heterocycles. The van der Waals surface area contributed by atoms with E-state index in [0.717, 1.165) is 24.5 Å². The second-order valence-corrected chi connectivity index (χ2v) is 5.29. The van der Waals surface area contributed by atoms with E-state index in [1.54, 1.807) is 0 Å². The Morgan fingerprint density at radius 3 is 3.17 bits per heavy atom. The molecule has 0 radical (unpaired) electrons. The molecule has 0 spiro atoms. The molecule has 2 aliphatic rings. The smallest absolute Gasteiger partial charge is 0.131 e. The summed E-state index contributed by atoms with van der Waals surface area (Å²) in [7, 11) is 0. The number of aryl methyl sites for hydroxylation is 1. The zero-order chi connectivity index (χ0) is 12.5. The van der Waals surface area contributed by atoms with Crippen molar-refractivity contribution in [1.29, 1.82) is 0 Å². The van der Waals surface area contributed by atoms with Gasteiger partial charge in [0.05, 0.1) is 18.8 Å². The minimum atomic E-state index is 0.411. The average molecular weight is 247 g/mol. The van der Waals surface area contributed by atoms with Crippen molar-refractivity contribution < 1.29 is 4.74 Å². The highest BCUT2D eigenvalue weighted by molar-refractivity contribution is 5.49. The summed E-state index contributed by atoms with van der Waals surface area (Å²) >= 11 is 0. The fourth-order valence-electron chi connectivity index (χ4n) is 3.23. The Balaban J connectivity index is 1.89. The fourth-order valence-corrected chi connectivity index (χ4v) is 3.23. The van der Waals surface area contributed by atoms with Gasteiger partial charge in [0.2, 0.25) is 0 Å². The van der Waals surface area contributed by atoms with Gasteiger partial charge < -0.3 is 15.4 Å². The van der Waals surface area contributed by atoms with Crippen molar-refractivity contribution in [3.63, 3.8) is 0 Å². The quantitative estimate of drug-likeness (QED) is 0.862. The van der Waals surface area contributed by atoms with Crippen LogP contribution < -0.4 is 10.6 Å². The highest BCUT2D eigenvalue weighted by Crippen LogP contribution is 2.33. The number of anilines is 1. The van der Waals surface area contributed by atoms with Crippen LogP contribution in [0.1, 0.15) is 30.4 Å². The summed E-state index contributed by atoms with van der Waals surface area (Å²) in [6.45, 7) is 4.46. The van der Waals surface area contributed by atoms with Crippen LogP contribution in [0.25, 0.3) is 0 Å². The van der Waals surface area contributed by atoms with Crippen LogP contribution in [0.5, 0.6) is 0 Å². The van der Waals surface area contributed by atoms with E-state index in [1.165, 1.54) is 24.8 Å². The predicted molar refractivity (Wildman–Crippen MR) is 71.6 cm³/mol. The van der Waals surface area contributed by atoms with Gasteiger partial charge in [-0.2, -0.15) is 0 Å². The predicted octanol–water partition coefficient (Wildman–Crippen LogP) is 1.61. The SMILES string of the molecule is Cc1cc(CN)cnc1N1CCOC2CCCC21. The first-order valence-electron chi connectivity index (χ1n) is 6.83. The lowest BCUT2D eigenvalue weighted by atomic mass is 10.1.